The lowest BCUT2D eigenvalue weighted by molar-refractivity contribution is 0.336. The number of hydrogen-bond donors (Lipinski definition) is 1. The molecule has 0 aromatic carbocycles. The van der Waals surface area contributed by atoms with Crippen molar-refractivity contribution in [3.63, 3.8) is 0 Å². The van der Waals surface area contributed by atoms with Crippen molar-refractivity contribution in [1.29, 1.82) is 0 Å². The van der Waals surface area contributed by atoms with Crippen molar-refractivity contribution >= 4 is 11.8 Å². The Labute approximate surface area is 100.0 Å². The average molecular weight is 242 g/mol. The Morgan fingerprint density at radius 2 is 2.44 bits per heavy atom. The first kappa shape index (κ1) is 11.9. The monoisotopic (exact) mass is 242 g/mol. The molecule has 2 rings (SSSR count). The van der Waals surface area contributed by atoms with Crippen molar-refractivity contribution < 1.29 is 4.52 Å². The highest BCUT2D eigenvalue weighted by molar-refractivity contribution is 7.99. The SMILES string of the molecule is CN(C)CCc1noc(C2CSCCN2)n1. The second kappa shape index (κ2) is 5.65. The summed E-state index contributed by atoms with van der Waals surface area (Å²) in [6, 6.07) is 0.236. The van der Waals surface area contributed by atoms with Gasteiger partial charge in [0.25, 0.3) is 0 Å². The summed E-state index contributed by atoms with van der Waals surface area (Å²) in [5.41, 5.74) is 0. The maximum Gasteiger partial charge on any atom is 0.244 e. The van der Waals surface area contributed by atoms with Crippen LogP contribution in [0.3, 0.4) is 0 Å². The van der Waals surface area contributed by atoms with E-state index in [0.717, 1.165) is 42.7 Å². The Bertz CT molecular complexity index is 322. The molecule has 1 atom stereocenters. The standard InChI is InChI=1S/C10H18N4OS/c1-14(2)5-3-9-12-10(15-13-9)8-7-16-6-4-11-8/h8,11H,3-7H2,1-2H3. The molecule has 16 heavy (non-hydrogen) atoms. The fourth-order valence-electron chi connectivity index (χ4n) is 1.56. The van der Waals surface area contributed by atoms with E-state index in [0.29, 0.717) is 0 Å². The molecule has 6 heteroatoms. The molecular weight excluding hydrogens is 224 g/mol. The molecule has 1 unspecified atom stereocenters. The largest absolute Gasteiger partial charge is 0.338 e. The predicted molar refractivity (Wildman–Crippen MR) is 64.6 cm³/mol. The predicted octanol–water partition coefficient (Wildman–Crippen LogP) is 0.551. The van der Waals surface area contributed by atoms with Crippen LogP contribution in [-0.4, -0.2) is 53.7 Å². The molecule has 2 heterocycles. The van der Waals surface area contributed by atoms with Gasteiger partial charge < -0.3 is 14.7 Å². The van der Waals surface area contributed by atoms with Crippen molar-refractivity contribution in [1.82, 2.24) is 20.4 Å². The van der Waals surface area contributed by atoms with Gasteiger partial charge in [0.2, 0.25) is 5.89 Å². The summed E-state index contributed by atoms with van der Waals surface area (Å²) < 4.78 is 5.28. The molecule has 1 aromatic heterocycles. The van der Waals surface area contributed by atoms with E-state index >= 15 is 0 Å². The van der Waals surface area contributed by atoms with Gasteiger partial charge in [-0.25, -0.2) is 0 Å². The van der Waals surface area contributed by atoms with E-state index in [2.05, 4.69) is 20.4 Å². The second-order valence-electron chi connectivity index (χ2n) is 4.18. The van der Waals surface area contributed by atoms with Crippen molar-refractivity contribution in [3.8, 4) is 0 Å². The van der Waals surface area contributed by atoms with Gasteiger partial charge in [-0.15, -0.1) is 0 Å². The number of thioether (sulfide) groups is 1. The second-order valence-corrected chi connectivity index (χ2v) is 5.33. The third kappa shape index (κ3) is 3.20. The number of hydrogen-bond acceptors (Lipinski definition) is 6. The van der Waals surface area contributed by atoms with E-state index in [1.807, 2.05) is 25.9 Å². The average Bonchev–Trinajstić information content (AvgIpc) is 2.76. The van der Waals surface area contributed by atoms with E-state index in [9.17, 15) is 0 Å². The van der Waals surface area contributed by atoms with Crippen molar-refractivity contribution in [2.45, 2.75) is 12.5 Å². The van der Waals surface area contributed by atoms with Gasteiger partial charge in [0, 0.05) is 31.0 Å². The molecular formula is C10H18N4OS. The zero-order chi connectivity index (χ0) is 11.4. The lowest BCUT2D eigenvalue weighted by Gasteiger charge is -2.19. The molecule has 0 bridgehead atoms. The van der Waals surface area contributed by atoms with Gasteiger partial charge in [-0.1, -0.05) is 5.16 Å². The Kier molecular flexibility index (Phi) is 4.20. The first-order chi connectivity index (χ1) is 7.75. The van der Waals surface area contributed by atoms with Crippen LogP contribution in [0.25, 0.3) is 0 Å². The fourth-order valence-corrected chi connectivity index (χ4v) is 2.48. The third-order valence-electron chi connectivity index (χ3n) is 2.49. The van der Waals surface area contributed by atoms with E-state index in [1.165, 1.54) is 0 Å². The van der Waals surface area contributed by atoms with Crippen LogP contribution in [-0.2, 0) is 6.42 Å². The van der Waals surface area contributed by atoms with E-state index in [4.69, 9.17) is 4.52 Å². The highest BCUT2D eigenvalue weighted by Gasteiger charge is 2.21. The summed E-state index contributed by atoms with van der Waals surface area (Å²) in [5.74, 6) is 3.73. The van der Waals surface area contributed by atoms with Crippen LogP contribution in [0.15, 0.2) is 4.52 Å². The molecule has 0 radical (unpaired) electrons. The van der Waals surface area contributed by atoms with Gasteiger partial charge in [0.15, 0.2) is 5.82 Å². The van der Waals surface area contributed by atoms with Gasteiger partial charge in [0.05, 0.1) is 6.04 Å². The molecule has 1 aromatic rings. The molecule has 90 valence electrons. The van der Waals surface area contributed by atoms with Crippen molar-refractivity contribution in [2.75, 3.05) is 38.7 Å². The van der Waals surface area contributed by atoms with E-state index < -0.39 is 0 Å². The van der Waals surface area contributed by atoms with Crippen LogP contribution < -0.4 is 5.32 Å². The zero-order valence-corrected chi connectivity index (χ0v) is 10.6. The number of nitrogens with one attached hydrogen (secondary N) is 1. The smallest absolute Gasteiger partial charge is 0.244 e. The Balaban J connectivity index is 1.90. The highest BCUT2D eigenvalue weighted by Crippen LogP contribution is 2.20. The number of nitrogens with zero attached hydrogens (tertiary/aromatic N) is 3. The fraction of sp³-hybridized carbons (Fsp3) is 0.800. The lowest BCUT2D eigenvalue weighted by atomic mass is 10.3. The molecule has 5 nitrogen and oxygen atoms in total. The minimum absolute atomic E-state index is 0.236. The van der Waals surface area contributed by atoms with E-state index in [-0.39, 0.29) is 6.04 Å². The van der Waals surface area contributed by atoms with Crippen LogP contribution in [0.1, 0.15) is 17.8 Å². The zero-order valence-electron chi connectivity index (χ0n) is 9.77. The maximum atomic E-state index is 5.28. The normalized spacial score (nSPS) is 21.6. The first-order valence-electron chi connectivity index (χ1n) is 5.54. The first-order valence-corrected chi connectivity index (χ1v) is 6.69. The van der Waals surface area contributed by atoms with Crippen LogP contribution >= 0.6 is 11.8 Å². The van der Waals surface area contributed by atoms with Gasteiger partial charge >= 0.3 is 0 Å². The summed E-state index contributed by atoms with van der Waals surface area (Å²) >= 11 is 1.93. The molecule has 0 saturated carbocycles. The topological polar surface area (TPSA) is 54.2 Å². The molecule has 0 spiro atoms. The van der Waals surface area contributed by atoms with Gasteiger partial charge in [-0.2, -0.15) is 16.7 Å². The molecule has 1 N–H and O–H groups in total. The van der Waals surface area contributed by atoms with Crippen LogP contribution in [0.5, 0.6) is 0 Å². The van der Waals surface area contributed by atoms with Crippen molar-refractivity contribution in [3.05, 3.63) is 11.7 Å². The minimum Gasteiger partial charge on any atom is -0.338 e. The highest BCUT2D eigenvalue weighted by atomic mass is 32.2. The van der Waals surface area contributed by atoms with E-state index in [1.54, 1.807) is 0 Å². The van der Waals surface area contributed by atoms with Gasteiger partial charge in [-0.3, -0.25) is 0 Å². The summed E-state index contributed by atoms with van der Waals surface area (Å²) in [4.78, 5) is 6.54. The molecule has 0 amide bonds. The molecule has 1 aliphatic heterocycles. The molecule has 1 saturated heterocycles. The Hall–Kier alpha value is -0.590. The quantitative estimate of drug-likeness (QED) is 0.832. The number of aromatic nitrogens is 2. The minimum atomic E-state index is 0.236. The van der Waals surface area contributed by atoms with Gasteiger partial charge in [0.1, 0.15) is 0 Å². The Morgan fingerprint density at radius 3 is 3.12 bits per heavy atom. The summed E-state index contributed by atoms with van der Waals surface area (Å²) in [5, 5.41) is 7.39. The van der Waals surface area contributed by atoms with Crippen LogP contribution in [0.2, 0.25) is 0 Å². The summed E-state index contributed by atoms with van der Waals surface area (Å²) in [6.07, 6.45) is 0.844. The Morgan fingerprint density at radius 1 is 1.56 bits per heavy atom. The van der Waals surface area contributed by atoms with Crippen molar-refractivity contribution in [2.24, 2.45) is 0 Å². The van der Waals surface area contributed by atoms with Crippen LogP contribution in [0.4, 0.5) is 0 Å². The molecule has 0 aliphatic carbocycles. The summed E-state index contributed by atoms with van der Waals surface area (Å²) in [6.45, 7) is 1.97. The number of rotatable bonds is 4. The van der Waals surface area contributed by atoms with Crippen LogP contribution in [0, 0.1) is 0 Å². The molecule has 1 aliphatic rings. The third-order valence-corrected chi connectivity index (χ3v) is 3.55. The summed E-state index contributed by atoms with van der Waals surface area (Å²) in [7, 11) is 4.08. The molecule has 1 fully saturated rings. The maximum absolute atomic E-state index is 5.28. The lowest BCUT2D eigenvalue weighted by Crippen LogP contribution is -2.30. The van der Waals surface area contributed by atoms with Gasteiger partial charge in [-0.05, 0) is 14.1 Å². The number of likely N-dealkylation sites (N-methyl/N-ethyl adjacent to an activating group) is 1.